The van der Waals surface area contributed by atoms with Crippen LogP contribution < -0.4 is 5.56 Å². The van der Waals surface area contributed by atoms with Crippen LogP contribution in [0.15, 0.2) is 35.3 Å². The van der Waals surface area contributed by atoms with E-state index in [1.807, 2.05) is 31.2 Å². The zero-order valence-electron chi connectivity index (χ0n) is 7.40. The van der Waals surface area contributed by atoms with Gasteiger partial charge >= 0.3 is 0 Å². The summed E-state index contributed by atoms with van der Waals surface area (Å²) in [5, 5.41) is 0. The van der Waals surface area contributed by atoms with Crippen LogP contribution in [0.25, 0.3) is 11.0 Å². The molecule has 3 nitrogen and oxygen atoms in total. The molecule has 0 unspecified atom stereocenters. The van der Waals surface area contributed by atoms with Crippen molar-refractivity contribution in [3.05, 3.63) is 40.8 Å². The minimum atomic E-state index is -0.0406. The third-order valence-electron chi connectivity index (χ3n) is 2.07. The van der Waals surface area contributed by atoms with Gasteiger partial charge in [0.2, 0.25) is 0 Å². The van der Waals surface area contributed by atoms with Gasteiger partial charge in [0.25, 0.3) is 5.56 Å². The molecule has 66 valence electrons. The smallest absolute Gasteiger partial charge is 0.269 e. The molecule has 0 saturated carbocycles. The number of aromatic nitrogens is 2. The Bertz CT molecular complexity index is 487. The van der Waals surface area contributed by atoms with Crippen molar-refractivity contribution in [3.8, 4) is 0 Å². The van der Waals surface area contributed by atoms with Crippen LogP contribution in [0, 0.1) is 0 Å². The molecule has 0 aliphatic carbocycles. The predicted molar refractivity (Wildman–Crippen MR) is 51.7 cm³/mol. The fourth-order valence-electron chi connectivity index (χ4n) is 1.44. The maximum absolute atomic E-state index is 11.4. The standard InChI is InChI=1S/C10H10N2O/c1-2-12-9-6-4-3-5-8(9)11-7-10(12)13/h3-7H,2H2,1H3. The monoisotopic (exact) mass is 174 g/mol. The first-order valence-electron chi connectivity index (χ1n) is 4.27. The Morgan fingerprint density at radius 1 is 1.38 bits per heavy atom. The van der Waals surface area contributed by atoms with Crippen LogP contribution in [0.5, 0.6) is 0 Å². The molecule has 0 N–H and O–H groups in total. The van der Waals surface area contributed by atoms with E-state index in [-0.39, 0.29) is 5.56 Å². The van der Waals surface area contributed by atoms with E-state index < -0.39 is 0 Å². The summed E-state index contributed by atoms with van der Waals surface area (Å²) < 4.78 is 1.71. The van der Waals surface area contributed by atoms with Gasteiger partial charge in [-0.3, -0.25) is 4.79 Å². The fraction of sp³-hybridized carbons (Fsp3) is 0.200. The molecular weight excluding hydrogens is 164 g/mol. The molecule has 0 aliphatic heterocycles. The normalized spacial score (nSPS) is 10.5. The van der Waals surface area contributed by atoms with Crippen molar-refractivity contribution < 1.29 is 0 Å². The van der Waals surface area contributed by atoms with Crippen molar-refractivity contribution in [3.63, 3.8) is 0 Å². The van der Waals surface area contributed by atoms with Crippen LogP contribution in [0.2, 0.25) is 0 Å². The zero-order valence-corrected chi connectivity index (χ0v) is 7.40. The second-order valence-corrected chi connectivity index (χ2v) is 2.83. The Labute approximate surface area is 75.7 Å². The van der Waals surface area contributed by atoms with E-state index in [0.717, 1.165) is 11.0 Å². The summed E-state index contributed by atoms with van der Waals surface area (Å²) in [6.07, 6.45) is 1.37. The molecule has 0 bridgehead atoms. The number of para-hydroxylation sites is 2. The Hall–Kier alpha value is -1.64. The Kier molecular flexibility index (Phi) is 1.85. The van der Waals surface area contributed by atoms with Crippen LogP contribution >= 0.6 is 0 Å². The SMILES string of the molecule is CCn1c(=O)cnc2ccccc21. The van der Waals surface area contributed by atoms with Crippen molar-refractivity contribution >= 4 is 11.0 Å². The van der Waals surface area contributed by atoms with Gasteiger partial charge in [0.15, 0.2) is 0 Å². The van der Waals surface area contributed by atoms with Gasteiger partial charge in [0.05, 0.1) is 17.2 Å². The first kappa shape index (κ1) is 7.98. The maximum Gasteiger partial charge on any atom is 0.269 e. The second kappa shape index (κ2) is 3.01. The minimum absolute atomic E-state index is 0.0406. The van der Waals surface area contributed by atoms with Crippen molar-refractivity contribution in [1.82, 2.24) is 9.55 Å². The first-order valence-corrected chi connectivity index (χ1v) is 4.27. The lowest BCUT2D eigenvalue weighted by atomic mass is 10.3. The van der Waals surface area contributed by atoms with Crippen molar-refractivity contribution in [2.24, 2.45) is 0 Å². The lowest BCUT2D eigenvalue weighted by molar-refractivity contribution is 0.753. The Morgan fingerprint density at radius 2 is 2.15 bits per heavy atom. The Morgan fingerprint density at radius 3 is 2.92 bits per heavy atom. The number of fused-ring (bicyclic) bond motifs is 1. The molecule has 2 rings (SSSR count). The molecule has 2 aromatic rings. The molecule has 0 amide bonds. The number of benzene rings is 1. The van der Waals surface area contributed by atoms with E-state index in [1.54, 1.807) is 4.57 Å². The molecule has 0 atom stereocenters. The van der Waals surface area contributed by atoms with E-state index in [2.05, 4.69) is 4.98 Å². The predicted octanol–water partition coefficient (Wildman–Crippen LogP) is 1.42. The van der Waals surface area contributed by atoms with Gasteiger partial charge in [-0.2, -0.15) is 0 Å². The molecule has 0 fully saturated rings. The van der Waals surface area contributed by atoms with Crippen LogP contribution in [-0.2, 0) is 6.54 Å². The van der Waals surface area contributed by atoms with Gasteiger partial charge in [-0.25, -0.2) is 4.98 Å². The highest BCUT2D eigenvalue weighted by Gasteiger charge is 1.99. The molecule has 1 heterocycles. The molecular formula is C10H10N2O. The third-order valence-corrected chi connectivity index (χ3v) is 2.07. The lowest BCUT2D eigenvalue weighted by Crippen LogP contribution is -2.19. The summed E-state index contributed by atoms with van der Waals surface area (Å²) in [4.78, 5) is 15.4. The molecule has 3 heteroatoms. The van der Waals surface area contributed by atoms with Crippen LogP contribution in [0.4, 0.5) is 0 Å². The van der Waals surface area contributed by atoms with Crippen LogP contribution in [-0.4, -0.2) is 9.55 Å². The summed E-state index contributed by atoms with van der Waals surface area (Å²) >= 11 is 0. The van der Waals surface area contributed by atoms with Crippen molar-refractivity contribution in [2.75, 3.05) is 0 Å². The van der Waals surface area contributed by atoms with E-state index in [9.17, 15) is 4.79 Å². The van der Waals surface area contributed by atoms with Gasteiger partial charge in [0, 0.05) is 6.54 Å². The topological polar surface area (TPSA) is 34.9 Å². The average Bonchev–Trinajstić information content (AvgIpc) is 2.18. The van der Waals surface area contributed by atoms with Gasteiger partial charge in [-0.1, -0.05) is 12.1 Å². The number of nitrogens with zero attached hydrogens (tertiary/aromatic N) is 2. The number of hydrogen-bond donors (Lipinski definition) is 0. The molecule has 0 radical (unpaired) electrons. The van der Waals surface area contributed by atoms with E-state index >= 15 is 0 Å². The number of rotatable bonds is 1. The van der Waals surface area contributed by atoms with Gasteiger partial charge in [-0.15, -0.1) is 0 Å². The summed E-state index contributed by atoms with van der Waals surface area (Å²) in [7, 11) is 0. The minimum Gasteiger partial charge on any atom is -0.306 e. The molecule has 0 saturated heterocycles. The Balaban J connectivity index is 2.92. The van der Waals surface area contributed by atoms with E-state index in [1.165, 1.54) is 6.20 Å². The highest BCUT2D eigenvalue weighted by molar-refractivity contribution is 5.74. The van der Waals surface area contributed by atoms with E-state index in [4.69, 9.17) is 0 Å². The maximum atomic E-state index is 11.4. The lowest BCUT2D eigenvalue weighted by Gasteiger charge is -2.04. The number of hydrogen-bond acceptors (Lipinski definition) is 2. The summed E-state index contributed by atoms with van der Waals surface area (Å²) in [5.74, 6) is 0. The molecule has 1 aromatic heterocycles. The van der Waals surface area contributed by atoms with Gasteiger partial charge in [0.1, 0.15) is 0 Å². The van der Waals surface area contributed by atoms with Gasteiger partial charge in [-0.05, 0) is 19.1 Å². The summed E-state index contributed by atoms with van der Waals surface area (Å²) in [5.41, 5.74) is 1.72. The quantitative estimate of drug-likeness (QED) is 0.655. The zero-order chi connectivity index (χ0) is 9.26. The molecule has 1 aromatic carbocycles. The third kappa shape index (κ3) is 1.22. The van der Waals surface area contributed by atoms with Gasteiger partial charge < -0.3 is 4.57 Å². The van der Waals surface area contributed by atoms with Crippen molar-refractivity contribution in [2.45, 2.75) is 13.5 Å². The number of aryl methyl sites for hydroxylation is 1. The van der Waals surface area contributed by atoms with E-state index in [0.29, 0.717) is 6.54 Å². The molecule has 0 spiro atoms. The highest BCUT2D eigenvalue weighted by Crippen LogP contribution is 2.07. The molecule has 13 heavy (non-hydrogen) atoms. The largest absolute Gasteiger partial charge is 0.306 e. The average molecular weight is 174 g/mol. The summed E-state index contributed by atoms with van der Waals surface area (Å²) in [6, 6.07) is 7.64. The van der Waals surface area contributed by atoms with Crippen molar-refractivity contribution in [1.29, 1.82) is 0 Å². The molecule has 0 aliphatic rings. The van der Waals surface area contributed by atoms with Crippen LogP contribution in [0.1, 0.15) is 6.92 Å². The second-order valence-electron chi connectivity index (χ2n) is 2.83. The summed E-state index contributed by atoms with van der Waals surface area (Å²) in [6.45, 7) is 2.63. The fourth-order valence-corrected chi connectivity index (χ4v) is 1.44. The highest BCUT2D eigenvalue weighted by atomic mass is 16.1. The van der Waals surface area contributed by atoms with Crippen LogP contribution in [0.3, 0.4) is 0 Å². The first-order chi connectivity index (χ1) is 6.33.